The first kappa shape index (κ1) is 32.0. The van der Waals surface area contributed by atoms with Gasteiger partial charge < -0.3 is 0 Å². The molecule has 0 N–H and O–H groups in total. The molecule has 0 amide bonds. The Labute approximate surface area is 206 Å². The Morgan fingerprint density at radius 3 is 0.719 bits per heavy atom. The molecule has 0 fully saturated rings. The Bertz CT molecular complexity index is 307. The highest BCUT2D eigenvalue weighted by atomic mass is 14.1. The van der Waals surface area contributed by atoms with Crippen LogP contribution >= 0.6 is 0 Å². The van der Waals surface area contributed by atoms with E-state index in [-0.39, 0.29) is 0 Å². The zero-order valence-corrected chi connectivity index (χ0v) is 23.4. The first-order valence-electron chi connectivity index (χ1n) is 15.8. The van der Waals surface area contributed by atoms with Gasteiger partial charge in [0.1, 0.15) is 0 Å². The van der Waals surface area contributed by atoms with Crippen LogP contribution in [0.15, 0.2) is 0 Å². The highest BCUT2D eigenvalue weighted by Gasteiger charge is 2.06. The van der Waals surface area contributed by atoms with E-state index in [2.05, 4.69) is 20.8 Å². The van der Waals surface area contributed by atoms with Crippen LogP contribution in [0.4, 0.5) is 0 Å². The molecular formula is C32H66. The van der Waals surface area contributed by atoms with Gasteiger partial charge in [0.15, 0.2) is 0 Å². The predicted octanol–water partition coefficient (Wildman–Crippen LogP) is 12.6. The number of unbranched alkanes of at least 4 members (excludes halogenated alkanes) is 23. The molecule has 0 radical (unpaired) electrons. The standard InChI is InChI=1S/C32H66/c1-4-7-9-11-13-15-16-17-18-19-20-21-22-23-25-27-29-31-32(6-3)30-28-26-24-14-12-10-8-5-2/h32H,4-31H2,1-3H3. The molecule has 32 heavy (non-hydrogen) atoms. The fraction of sp³-hybridized carbons (Fsp3) is 1.00. The Hall–Kier alpha value is 0. The van der Waals surface area contributed by atoms with Gasteiger partial charge in [-0.2, -0.15) is 0 Å². The van der Waals surface area contributed by atoms with E-state index in [0.29, 0.717) is 0 Å². The molecule has 0 nitrogen and oxygen atoms in total. The molecule has 1 unspecified atom stereocenters. The maximum atomic E-state index is 2.42. The van der Waals surface area contributed by atoms with E-state index in [0.717, 1.165) is 5.92 Å². The van der Waals surface area contributed by atoms with Crippen molar-refractivity contribution in [3.8, 4) is 0 Å². The highest BCUT2D eigenvalue weighted by Crippen LogP contribution is 2.22. The molecule has 0 heterocycles. The van der Waals surface area contributed by atoms with Gasteiger partial charge in [-0.1, -0.05) is 201 Å². The van der Waals surface area contributed by atoms with Crippen LogP contribution in [0.1, 0.15) is 201 Å². The van der Waals surface area contributed by atoms with Crippen LogP contribution in [0.5, 0.6) is 0 Å². The lowest BCUT2D eigenvalue weighted by atomic mass is 9.92. The molecule has 0 rings (SSSR count). The van der Waals surface area contributed by atoms with Crippen molar-refractivity contribution in [1.82, 2.24) is 0 Å². The van der Waals surface area contributed by atoms with E-state index in [9.17, 15) is 0 Å². The minimum absolute atomic E-state index is 1.02. The van der Waals surface area contributed by atoms with Gasteiger partial charge in [0.05, 0.1) is 0 Å². The van der Waals surface area contributed by atoms with Crippen molar-refractivity contribution in [2.45, 2.75) is 201 Å². The second kappa shape index (κ2) is 29.0. The summed E-state index contributed by atoms with van der Waals surface area (Å²) < 4.78 is 0. The number of hydrogen-bond acceptors (Lipinski definition) is 0. The molecule has 0 heteroatoms. The molecule has 0 aliphatic carbocycles. The largest absolute Gasteiger partial charge is 0.0654 e. The summed E-state index contributed by atoms with van der Waals surface area (Å²) in [4.78, 5) is 0. The summed E-state index contributed by atoms with van der Waals surface area (Å²) in [7, 11) is 0. The molecule has 0 aromatic heterocycles. The second-order valence-electron chi connectivity index (χ2n) is 11.0. The topological polar surface area (TPSA) is 0 Å². The third-order valence-corrected chi connectivity index (χ3v) is 7.76. The van der Waals surface area contributed by atoms with Crippen LogP contribution in [0, 0.1) is 5.92 Å². The summed E-state index contributed by atoms with van der Waals surface area (Å²) in [6, 6.07) is 0. The van der Waals surface area contributed by atoms with Gasteiger partial charge in [0.2, 0.25) is 0 Å². The van der Waals surface area contributed by atoms with Crippen LogP contribution in [-0.2, 0) is 0 Å². The zero-order chi connectivity index (χ0) is 23.4. The van der Waals surface area contributed by atoms with E-state index in [4.69, 9.17) is 0 Å². The fourth-order valence-corrected chi connectivity index (χ4v) is 5.28. The van der Waals surface area contributed by atoms with Crippen LogP contribution < -0.4 is 0 Å². The second-order valence-corrected chi connectivity index (χ2v) is 11.0. The molecule has 194 valence electrons. The summed E-state index contributed by atoms with van der Waals surface area (Å²) >= 11 is 0. The summed E-state index contributed by atoms with van der Waals surface area (Å²) in [5.74, 6) is 1.02. The van der Waals surface area contributed by atoms with Crippen molar-refractivity contribution >= 4 is 0 Å². The van der Waals surface area contributed by atoms with Crippen LogP contribution in [0.2, 0.25) is 0 Å². The van der Waals surface area contributed by atoms with E-state index in [1.807, 2.05) is 0 Å². The summed E-state index contributed by atoms with van der Waals surface area (Å²) in [6.07, 6.45) is 41.3. The summed E-state index contributed by atoms with van der Waals surface area (Å²) in [6.45, 7) is 7.04. The van der Waals surface area contributed by atoms with Gasteiger partial charge >= 0.3 is 0 Å². The van der Waals surface area contributed by atoms with Crippen LogP contribution in [0.25, 0.3) is 0 Å². The molecule has 0 spiro atoms. The van der Waals surface area contributed by atoms with Crippen molar-refractivity contribution in [3.05, 3.63) is 0 Å². The van der Waals surface area contributed by atoms with Gasteiger partial charge in [-0.3, -0.25) is 0 Å². The first-order valence-corrected chi connectivity index (χ1v) is 15.8. The van der Waals surface area contributed by atoms with E-state index < -0.39 is 0 Å². The average Bonchev–Trinajstić information content (AvgIpc) is 2.81. The maximum Gasteiger partial charge on any atom is -0.0417 e. The average molecular weight is 451 g/mol. The monoisotopic (exact) mass is 451 g/mol. The Balaban J connectivity index is 3.22. The lowest BCUT2D eigenvalue weighted by molar-refractivity contribution is 0.392. The molecule has 0 saturated carbocycles. The quantitative estimate of drug-likeness (QED) is 0.104. The Morgan fingerprint density at radius 2 is 0.500 bits per heavy atom. The molecule has 0 saturated heterocycles. The van der Waals surface area contributed by atoms with Crippen LogP contribution in [-0.4, -0.2) is 0 Å². The number of hydrogen-bond donors (Lipinski definition) is 0. The van der Waals surface area contributed by atoms with Gasteiger partial charge in [0, 0.05) is 0 Å². The molecule has 0 aromatic carbocycles. The minimum Gasteiger partial charge on any atom is -0.0654 e. The normalized spacial score (nSPS) is 12.5. The lowest BCUT2D eigenvalue weighted by Crippen LogP contribution is -1.99. The third kappa shape index (κ3) is 26.3. The number of rotatable bonds is 28. The van der Waals surface area contributed by atoms with Crippen LogP contribution in [0.3, 0.4) is 0 Å². The third-order valence-electron chi connectivity index (χ3n) is 7.76. The van der Waals surface area contributed by atoms with E-state index in [1.54, 1.807) is 0 Å². The molecule has 0 aliphatic heterocycles. The highest BCUT2D eigenvalue weighted by molar-refractivity contribution is 4.59. The molecular weight excluding hydrogens is 384 g/mol. The Kier molecular flexibility index (Phi) is 29.0. The summed E-state index contributed by atoms with van der Waals surface area (Å²) in [5, 5.41) is 0. The van der Waals surface area contributed by atoms with Gasteiger partial charge in [-0.15, -0.1) is 0 Å². The Morgan fingerprint density at radius 1 is 0.281 bits per heavy atom. The fourth-order valence-electron chi connectivity index (χ4n) is 5.28. The minimum atomic E-state index is 1.02. The van der Waals surface area contributed by atoms with Gasteiger partial charge in [-0.05, 0) is 5.92 Å². The van der Waals surface area contributed by atoms with E-state index in [1.165, 1.54) is 180 Å². The predicted molar refractivity (Wildman–Crippen MR) is 150 cm³/mol. The molecule has 0 bridgehead atoms. The summed E-state index contributed by atoms with van der Waals surface area (Å²) in [5.41, 5.74) is 0. The maximum absolute atomic E-state index is 2.42. The van der Waals surface area contributed by atoms with Crippen molar-refractivity contribution < 1.29 is 0 Å². The van der Waals surface area contributed by atoms with Crippen molar-refractivity contribution in [2.24, 2.45) is 5.92 Å². The smallest absolute Gasteiger partial charge is 0.0417 e. The first-order chi connectivity index (χ1) is 15.8. The molecule has 0 aliphatic rings. The van der Waals surface area contributed by atoms with Crippen molar-refractivity contribution in [1.29, 1.82) is 0 Å². The zero-order valence-electron chi connectivity index (χ0n) is 23.4. The van der Waals surface area contributed by atoms with Crippen molar-refractivity contribution in [2.75, 3.05) is 0 Å². The van der Waals surface area contributed by atoms with E-state index >= 15 is 0 Å². The van der Waals surface area contributed by atoms with Gasteiger partial charge in [-0.25, -0.2) is 0 Å². The molecule has 0 aromatic rings. The molecule has 1 atom stereocenters. The van der Waals surface area contributed by atoms with Gasteiger partial charge in [0.25, 0.3) is 0 Å². The lowest BCUT2D eigenvalue weighted by Gasteiger charge is -2.14. The SMILES string of the molecule is CCCCCCCCCCCCCCCCCCCC(CC)CCCCCCCCCC. The van der Waals surface area contributed by atoms with Crippen molar-refractivity contribution in [3.63, 3.8) is 0 Å².